The van der Waals surface area contributed by atoms with Crippen molar-refractivity contribution in [2.45, 2.75) is 19.4 Å². The van der Waals surface area contributed by atoms with E-state index in [-0.39, 0.29) is 25.6 Å². The Morgan fingerprint density at radius 2 is 1.76 bits per heavy atom. The molecule has 0 spiro atoms. The largest absolute Gasteiger partial charge is 0.493 e. The molecule has 0 aliphatic carbocycles. The summed E-state index contributed by atoms with van der Waals surface area (Å²) in [5, 5.41) is 20.7. The van der Waals surface area contributed by atoms with Gasteiger partial charge in [0.15, 0.2) is 0 Å². The number of hydrogen-bond acceptors (Lipinski definition) is 5. The number of carbonyl (C=O) groups excluding carboxylic acids is 1. The molecule has 1 aromatic heterocycles. The molecule has 2 heterocycles. The molecule has 0 saturated heterocycles. The van der Waals surface area contributed by atoms with Gasteiger partial charge in [-0.3, -0.25) is 4.90 Å². The van der Waals surface area contributed by atoms with Crippen molar-refractivity contribution in [2.24, 2.45) is 5.41 Å². The van der Waals surface area contributed by atoms with E-state index < -0.39 is 23.4 Å². The van der Waals surface area contributed by atoms with Gasteiger partial charge in [0.2, 0.25) is 0 Å². The van der Waals surface area contributed by atoms with Crippen LogP contribution in [-0.2, 0) is 6.42 Å². The number of ether oxygens (including phenoxy) is 2. The van der Waals surface area contributed by atoms with Crippen LogP contribution in [0, 0.1) is 11.2 Å². The molecule has 0 radical (unpaired) electrons. The van der Waals surface area contributed by atoms with Gasteiger partial charge in [0.25, 0.3) is 0 Å². The molecule has 1 aliphatic rings. The summed E-state index contributed by atoms with van der Waals surface area (Å²) in [5.74, 6) is 0.411. The van der Waals surface area contributed by atoms with Gasteiger partial charge in [-0.25, -0.2) is 9.18 Å². The van der Waals surface area contributed by atoms with Gasteiger partial charge < -0.3 is 24.7 Å². The fourth-order valence-electron chi connectivity index (χ4n) is 4.61. The summed E-state index contributed by atoms with van der Waals surface area (Å²) in [6.45, 7) is 1.87. The number of fused-ring (bicyclic) bond motifs is 3. The van der Waals surface area contributed by atoms with Crippen LogP contribution in [-0.4, -0.2) is 52.6 Å². The van der Waals surface area contributed by atoms with E-state index in [0.29, 0.717) is 23.7 Å². The highest BCUT2D eigenvalue weighted by atomic mass is 35.5. The van der Waals surface area contributed by atoms with E-state index in [9.17, 15) is 19.4 Å². The van der Waals surface area contributed by atoms with Gasteiger partial charge in [0.1, 0.15) is 23.4 Å². The van der Waals surface area contributed by atoms with E-state index in [1.54, 1.807) is 24.0 Å². The molecule has 3 aromatic carbocycles. The molecule has 4 aromatic rings. The molecule has 1 atom stereocenters. The van der Waals surface area contributed by atoms with E-state index >= 15 is 0 Å². The summed E-state index contributed by atoms with van der Waals surface area (Å²) >= 11 is 6.28. The maximum absolute atomic E-state index is 13.4. The van der Waals surface area contributed by atoms with Crippen molar-refractivity contribution >= 4 is 28.6 Å². The summed E-state index contributed by atoms with van der Waals surface area (Å²) in [6.07, 6.45) is 0.0539. The summed E-state index contributed by atoms with van der Waals surface area (Å²) in [7, 11) is 0. The van der Waals surface area contributed by atoms with Crippen LogP contribution in [0.15, 0.2) is 66.7 Å². The zero-order valence-corrected chi connectivity index (χ0v) is 21.5. The van der Waals surface area contributed by atoms with E-state index in [1.165, 1.54) is 24.3 Å². The summed E-state index contributed by atoms with van der Waals surface area (Å²) < 4.78 is 24.8. The quantitative estimate of drug-likeness (QED) is 0.290. The Balaban J connectivity index is 1.48. The van der Waals surface area contributed by atoms with Gasteiger partial charge in [-0.2, -0.15) is 0 Å². The Morgan fingerprint density at radius 1 is 1.08 bits per heavy atom. The van der Waals surface area contributed by atoms with E-state index in [4.69, 9.17) is 21.1 Å². The number of aromatic nitrogens is 1. The summed E-state index contributed by atoms with van der Waals surface area (Å²) in [5.41, 5.74) is 2.94. The van der Waals surface area contributed by atoms with Crippen LogP contribution >= 0.6 is 11.6 Å². The van der Waals surface area contributed by atoms with Crippen molar-refractivity contribution < 1.29 is 28.9 Å². The Hall–Kier alpha value is -3.59. The second-order valence-electron chi connectivity index (χ2n) is 9.86. The summed E-state index contributed by atoms with van der Waals surface area (Å²) in [4.78, 5) is 18.5. The van der Waals surface area contributed by atoms with E-state index in [1.807, 2.05) is 30.3 Å². The van der Waals surface area contributed by atoms with Crippen LogP contribution in [0.5, 0.6) is 11.5 Å². The van der Waals surface area contributed by atoms with Crippen LogP contribution in [0.4, 0.5) is 9.18 Å². The SMILES string of the molecule is CC(CO)(CO)COc1ccc([C@H]2c3[nH]c4ccc(Cl)cc4c3CCN2C(=O)Oc2ccc(F)cc2)cc1. The van der Waals surface area contributed by atoms with Crippen LogP contribution in [0.1, 0.15) is 29.8 Å². The number of aliphatic hydroxyl groups excluding tert-OH is 2. The fraction of sp³-hybridized carbons (Fsp3) is 0.276. The molecule has 1 aliphatic heterocycles. The Morgan fingerprint density at radius 3 is 2.45 bits per heavy atom. The van der Waals surface area contributed by atoms with Gasteiger partial charge in [-0.1, -0.05) is 30.7 Å². The van der Waals surface area contributed by atoms with E-state index in [2.05, 4.69) is 4.98 Å². The normalized spacial score (nSPS) is 15.4. The van der Waals surface area contributed by atoms with Crippen molar-refractivity contribution in [2.75, 3.05) is 26.4 Å². The molecule has 5 rings (SSSR count). The maximum Gasteiger partial charge on any atom is 0.416 e. The van der Waals surface area contributed by atoms with Crippen molar-refractivity contribution in [3.05, 3.63) is 94.4 Å². The number of hydrogen-bond donors (Lipinski definition) is 3. The highest BCUT2D eigenvalue weighted by Gasteiger charge is 2.36. The Labute approximate surface area is 224 Å². The third kappa shape index (κ3) is 5.20. The average molecular weight is 539 g/mol. The van der Waals surface area contributed by atoms with Crippen molar-refractivity contribution in [3.63, 3.8) is 0 Å². The van der Waals surface area contributed by atoms with Gasteiger partial charge in [-0.15, -0.1) is 0 Å². The standard InChI is InChI=1S/C29H28ClFN2O5/c1-29(15-34,16-35)17-37-21-7-2-18(3-8-21)27-26-23(24-14-19(30)4-11-25(24)32-26)12-13-33(27)28(36)38-22-9-5-20(31)6-10-22/h2-11,14,27,32,34-35H,12-13,15-17H2,1H3/t27-/m0/s1. The first-order chi connectivity index (χ1) is 18.3. The zero-order chi connectivity index (χ0) is 26.9. The first kappa shape index (κ1) is 26.0. The summed E-state index contributed by atoms with van der Waals surface area (Å²) in [6, 6.07) is 17.8. The van der Waals surface area contributed by atoms with Gasteiger partial charge in [0, 0.05) is 33.6 Å². The predicted octanol–water partition coefficient (Wildman–Crippen LogP) is 5.48. The molecule has 9 heteroatoms. The van der Waals surface area contributed by atoms with Crippen LogP contribution in [0.3, 0.4) is 0 Å². The lowest BCUT2D eigenvalue weighted by atomic mass is 9.92. The molecular formula is C29H28ClFN2O5. The number of aliphatic hydroxyl groups is 2. The van der Waals surface area contributed by atoms with Crippen LogP contribution in [0.25, 0.3) is 10.9 Å². The highest BCUT2D eigenvalue weighted by Crippen LogP contribution is 2.40. The van der Waals surface area contributed by atoms with Crippen molar-refractivity contribution in [3.8, 4) is 11.5 Å². The minimum atomic E-state index is -0.760. The smallest absolute Gasteiger partial charge is 0.416 e. The van der Waals surface area contributed by atoms with Crippen molar-refractivity contribution in [1.82, 2.24) is 9.88 Å². The van der Waals surface area contributed by atoms with Crippen LogP contribution < -0.4 is 9.47 Å². The molecule has 0 saturated carbocycles. The van der Waals surface area contributed by atoms with Gasteiger partial charge in [-0.05, 0) is 72.1 Å². The molecular weight excluding hydrogens is 511 g/mol. The average Bonchev–Trinajstić information content (AvgIpc) is 3.30. The number of nitrogens with zero attached hydrogens (tertiary/aromatic N) is 1. The Bertz CT molecular complexity index is 1430. The number of H-pyrrole nitrogens is 1. The number of nitrogens with one attached hydrogen (secondary N) is 1. The molecule has 7 nitrogen and oxygen atoms in total. The zero-order valence-electron chi connectivity index (χ0n) is 20.8. The van der Waals surface area contributed by atoms with Gasteiger partial charge >= 0.3 is 6.09 Å². The Kier molecular flexibility index (Phi) is 7.29. The molecule has 1 amide bonds. The number of halogens is 2. The lowest BCUT2D eigenvalue weighted by molar-refractivity contribution is 0.0287. The minimum absolute atomic E-state index is 0.145. The third-order valence-electron chi connectivity index (χ3n) is 6.89. The van der Waals surface area contributed by atoms with Crippen molar-refractivity contribution in [1.29, 1.82) is 0 Å². The number of amides is 1. The second-order valence-corrected chi connectivity index (χ2v) is 10.3. The number of aromatic amines is 1. The lowest BCUT2D eigenvalue weighted by Gasteiger charge is -2.35. The number of rotatable bonds is 7. The molecule has 0 fully saturated rings. The lowest BCUT2D eigenvalue weighted by Crippen LogP contribution is -2.42. The monoisotopic (exact) mass is 538 g/mol. The first-order valence-electron chi connectivity index (χ1n) is 12.3. The predicted molar refractivity (Wildman–Crippen MR) is 142 cm³/mol. The first-order valence-corrected chi connectivity index (χ1v) is 12.7. The highest BCUT2D eigenvalue weighted by molar-refractivity contribution is 6.31. The molecule has 38 heavy (non-hydrogen) atoms. The molecule has 3 N–H and O–H groups in total. The molecule has 0 bridgehead atoms. The minimum Gasteiger partial charge on any atom is -0.493 e. The number of benzene rings is 3. The van der Waals surface area contributed by atoms with Gasteiger partial charge in [0.05, 0.1) is 19.8 Å². The fourth-order valence-corrected chi connectivity index (χ4v) is 4.78. The van der Waals surface area contributed by atoms with Crippen LogP contribution in [0.2, 0.25) is 5.02 Å². The molecule has 198 valence electrons. The number of carbonyl (C=O) groups is 1. The third-order valence-corrected chi connectivity index (χ3v) is 7.12. The maximum atomic E-state index is 13.4. The molecule has 0 unspecified atom stereocenters. The second kappa shape index (κ2) is 10.6. The topological polar surface area (TPSA) is 95.0 Å². The van der Waals surface area contributed by atoms with E-state index in [0.717, 1.165) is 27.7 Å².